The summed E-state index contributed by atoms with van der Waals surface area (Å²) in [5, 5.41) is 0. The molecule has 2 aromatic carbocycles. The third kappa shape index (κ3) is 3.90. The Hall–Kier alpha value is -1.32. The first kappa shape index (κ1) is 18.7. The van der Waals surface area contributed by atoms with Crippen LogP contribution in [0.5, 0.6) is 5.75 Å². The second-order valence-corrected chi connectivity index (χ2v) is 6.17. The van der Waals surface area contributed by atoms with Gasteiger partial charge in [0.25, 0.3) is 0 Å². The lowest BCUT2D eigenvalue weighted by Gasteiger charge is -2.42. The number of ether oxygens (including phenoxy) is 1. The van der Waals surface area contributed by atoms with Crippen molar-refractivity contribution in [2.75, 3.05) is 21.2 Å². The van der Waals surface area contributed by atoms with Gasteiger partial charge >= 0.3 is 0 Å². The quantitative estimate of drug-likeness (QED) is 0.733. The Bertz CT molecular complexity index is 583. The molecule has 0 saturated carbocycles. The first-order valence-electron chi connectivity index (χ1n) is 7.49. The maximum Gasteiger partial charge on any atom is 0.119 e. The van der Waals surface area contributed by atoms with Crippen molar-refractivity contribution in [1.82, 2.24) is 0 Å². The number of nitrogens with zero attached hydrogens (tertiary/aromatic N) is 1. The minimum Gasteiger partial charge on any atom is -1.00 e. The highest BCUT2D eigenvalue weighted by Gasteiger charge is 2.32. The van der Waals surface area contributed by atoms with Gasteiger partial charge in [-0.1, -0.05) is 42.5 Å². The molecule has 0 amide bonds. The smallest absolute Gasteiger partial charge is 0.119 e. The summed E-state index contributed by atoms with van der Waals surface area (Å²) >= 11 is 0. The Labute approximate surface area is 145 Å². The van der Waals surface area contributed by atoms with Gasteiger partial charge in [0, 0.05) is 11.1 Å². The summed E-state index contributed by atoms with van der Waals surface area (Å²) in [7, 11) is 6.31. The molecule has 0 fully saturated rings. The lowest BCUT2D eigenvalue weighted by molar-refractivity contribution is -0.946. The maximum atomic E-state index is 5.36. The van der Waals surface area contributed by atoms with Crippen molar-refractivity contribution in [3.8, 4) is 5.75 Å². The topological polar surface area (TPSA) is 9.23 Å². The van der Waals surface area contributed by atoms with Gasteiger partial charge in [0.1, 0.15) is 17.8 Å². The highest BCUT2D eigenvalue weighted by Crippen LogP contribution is 2.35. The van der Waals surface area contributed by atoms with Crippen molar-refractivity contribution < 1.29 is 26.2 Å². The first-order valence-corrected chi connectivity index (χ1v) is 7.49. The number of quaternary nitrogens is 1. The average Bonchev–Trinajstić information content (AvgIpc) is 2.54. The van der Waals surface area contributed by atoms with Gasteiger partial charge in [-0.3, -0.25) is 0 Å². The van der Waals surface area contributed by atoms with Crippen molar-refractivity contribution in [1.29, 1.82) is 0 Å². The van der Waals surface area contributed by atoms with Gasteiger partial charge in [-0.05, 0) is 26.0 Å². The fourth-order valence-electron chi connectivity index (χ4n) is 2.74. The molecule has 0 radical (unpaired) electrons. The first-order chi connectivity index (χ1) is 9.96. The van der Waals surface area contributed by atoms with Crippen molar-refractivity contribution in [3.05, 3.63) is 65.7 Å². The number of halogens is 1. The molecule has 3 heteroatoms. The van der Waals surface area contributed by atoms with Crippen LogP contribution in [0.3, 0.4) is 0 Å². The molecule has 0 bridgehead atoms. The third-order valence-corrected chi connectivity index (χ3v) is 4.85. The van der Waals surface area contributed by atoms with E-state index in [0.29, 0.717) is 12.1 Å². The maximum absolute atomic E-state index is 5.36. The monoisotopic (exact) mass is 363 g/mol. The zero-order chi connectivity index (χ0) is 15.5. The van der Waals surface area contributed by atoms with E-state index in [1.807, 2.05) is 6.07 Å². The van der Waals surface area contributed by atoms with E-state index in [0.717, 1.165) is 10.2 Å². The van der Waals surface area contributed by atoms with Crippen LogP contribution >= 0.6 is 0 Å². The van der Waals surface area contributed by atoms with Crippen molar-refractivity contribution in [2.24, 2.45) is 0 Å². The summed E-state index contributed by atoms with van der Waals surface area (Å²) in [5.41, 5.74) is 2.68. The molecule has 0 heterocycles. The fraction of sp³-hybridized carbons (Fsp3) is 0.368. The molecule has 2 atom stereocenters. The summed E-state index contributed by atoms with van der Waals surface area (Å²) in [6.45, 7) is 4.58. The van der Waals surface area contributed by atoms with Crippen LogP contribution in [-0.2, 0) is 0 Å². The minimum atomic E-state index is 0. The zero-order valence-electron chi connectivity index (χ0n) is 14.1. The van der Waals surface area contributed by atoms with Crippen LogP contribution in [0.2, 0.25) is 0 Å². The lowest BCUT2D eigenvalue weighted by Crippen LogP contribution is -3.00. The van der Waals surface area contributed by atoms with Crippen LogP contribution in [-0.4, -0.2) is 25.7 Å². The van der Waals surface area contributed by atoms with E-state index in [1.54, 1.807) is 7.11 Å². The summed E-state index contributed by atoms with van der Waals surface area (Å²) < 4.78 is 6.26. The second-order valence-electron chi connectivity index (χ2n) is 6.17. The Morgan fingerprint density at radius 3 is 1.95 bits per heavy atom. The van der Waals surface area contributed by atoms with Crippen LogP contribution in [0, 0.1) is 0 Å². The minimum absolute atomic E-state index is 0. The van der Waals surface area contributed by atoms with Crippen LogP contribution < -0.4 is 21.7 Å². The SMILES string of the molecule is COc1cccc([C@H](C)[N+](C)(C)[C@@H](C)c2ccccc2)c1.[Br-]. The molecule has 0 aliphatic rings. The number of hydrogen-bond acceptors (Lipinski definition) is 1. The van der Waals surface area contributed by atoms with Crippen molar-refractivity contribution >= 4 is 0 Å². The molecule has 0 unspecified atom stereocenters. The molecule has 2 rings (SSSR count). The molecule has 2 aromatic rings. The summed E-state index contributed by atoms with van der Waals surface area (Å²) in [4.78, 5) is 0. The lowest BCUT2D eigenvalue weighted by atomic mass is 9.99. The van der Waals surface area contributed by atoms with Gasteiger partial charge in [-0.2, -0.15) is 0 Å². The normalized spacial score (nSPS) is 13.9. The Morgan fingerprint density at radius 1 is 0.818 bits per heavy atom. The molecule has 22 heavy (non-hydrogen) atoms. The Balaban J connectivity index is 0.00000242. The van der Waals surface area contributed by atoms with Crippen LogP contribution in [0.1, 0.15) is 37.1 Å². The number of methoxy groups -OCH3 is 1. The molecule has 0 aromatic heterocycles. The van der Waals surface area contributed by atoms with Crippen molar-refractivity contribution in [2.45, 2.75) is 25.9 Å². The van der Waals surface area contributed by atoms with Gasteiger partial charge in [-0.15, -0.1) is 0 Å². The molecular weight excluding hydrogens is 338 g/mol. The molecule has 120 valence electrons. The molecule has 2 nitrogen and oxygen atoms in total. The van der Waals surface area contributed by atoms with E-state index < -0.39 is 0 Å². The van der Waals surface area contributed by atoms with Gasteiger partial charge in [-0.25, -0.2) is 0 Å². The molecule has 0 spiro atoms. The van der Waals surface area contributed by atoms with Gasteiger partial charge in [0.2, 0.25) is 0 Å². The van der Waals surface area contributed by atoms with Crippen LogP contribution in [0.15, 0.2) is 54.6 Å². The zero-order valence-corrected chi connectivity index (χ0v) is 15.7. The van der Waals surface area contributed by atoms with E-state index in [1.165, 1.54) is 11.1 Å². The van der Waals surface area contributed by atoms with Crippen molar-refractivity contribution in [3.63, 3.8) is 0 Å². The van der Waals surface area contributed by atoms with E-state index in [-0.39, 0.29) is 17.0 Å². The molecular formula is C19H26BrNO. The predicted molar refractivity (Wildman–Crippen MR) is 88.4 cm³/mol. The summed E-state index contributed by atoms with van der Waals surface area (Å²) in [6, 6.07) is 19.9. The largest absolute Gasteiger partial charge is 1.00 e. The third-order valence-electron chi connectivity index (χ3n) is 4.85. The van der Waals surface area contributed by atoms with E-state index in [4.69, 9.17) is 4.74 Å². The van der Waals surface area contributed by atoms with Gasteiger partial charge in [0.05, 0.1) is 21.2 Å². The molecule has 0 aliphatic carbocycles. The van der Waals surface area contributed by atoms with E-state index >= 15 is 0 Å². The summed E-state index contributed by atoms with van der Waals surface area (Å²) in [5.74, 6) is 0.923. The second kappa shape index (κ2) is 7.80. The standard InChI is InChI=1S/C19H26NO.BrH/c1-15(17-10-7-6-8-11-17)20(3,4)16(2)18-12-9-13-19(14-18)21-5;/h6-16H,1-5H3;1H/q+1;/p-1/t15-,16-;/m0./s1. The fourth-order valence-corrected chi connectivity index (χ4v) is 2.74. The van der Waals surface area contributed by atoms with Crippen LogP contribution in [0.25, 0.3) is 0 Å². The predicted octanol–water partition coefficient (Wildman–Crippen LogP) is 1.60. The molecule has 0 saturated heterocycles. The Kier molecular flexibility index (Phi) is 6.64. The van der Waals surface area contributed by atoms with E-state index in [9.17, 15) is 0 Å². The van der Waals surface area contributed by atoms with E-state index in [2.05, 4.69) is 76.5 Å². The summed E-state index contributed by atoms with van der Waals surface area (Å²) in [6.07, 6.45) is 0. The average molecular weight is 364 g/mol. The van der Waals surface area contributed by atoms with Gasteiger partial charge < -0.3 is 26.2 Å². The highest BCUT2D eigenvalue weighted by atomic mass is 79.9. The Morgan fingerprint density at radius 2 is 1.36 bits per heavy atom. The molecule has 0 N–H and O–H groups in total. The number of hydrogen-bond donors (Lipinski definition) is 0. The number of rotatable bonds is 5. The highest BCUT2D eigenvalue weighted by molar-refractivity contribution is 5.29. The van der Waals surface area contributed by atoms with Gasteiger partial charge in [0.15, 0.2) is 0 Å². The van der Waals surface area contributed by atoms with Crippen LogP contribution in [0.4, 0.5) is 0 Å². The molecule has 0 aliphatic heterocycles. The number of benzene rings is 2.